The molecule has 0 aliphatic heterocycles. The number of pyridine rings is 1. The average molecular weight is 245 g/mol. The van der Waals surface area contributed by atoms with Crippen LogP contribution in [0.4, 0.5) is 0 Å². The minimum Gasteiger partial charge on any atom is -0.350 e. The first-order chi connectivity index (χ1) is 8.76. The highest BCUT2D eigenvalue weighted by atomic mass is 16.7. The predicted molar refractivity (Wildman–Crippen MR) is 66.8 cm³/mol. The average Bonchev–Trinajstić information content (AvgIpc) is 2.41. The van der Waals surface area contributed by atoms with E-state index in [0.717, 1.165) is 11.1 Å². The molecular weight excluding hydrogens is 230 g/mol. The Morgan fingerprint density at radius 2 is 1.89 bits per heavy atom. The summed E-state index contributed by atoms with van der Waals surface area (Å²) >= 11 is 0. The summed E-state index contributed by atoms with van der Waals surface area (Å²) in [4.78, 5) is 12.8. The molecule has 0 fully saturated rings. The Labute approximate surface area is 106 Å². The van der Waals surface area contributed by atoms with Gasteiger partial charge in [-0.3, -0.25) is 4.98 Å². The minimum absolute atomic E-state index is 0.483. The van der Waals surface area contributed by atoms with Gasteiger partial charge in [0.25, 0.3) is 0 Å². The summed E-state index contributed by atoms with van der Waals surface area (Å²) in [5, 5.41) is 0. The van der Waals surface area contributed by atoms with Gasteiger partial charge in [0.15, 0.2) is 5.82 Å². The molecular formula is C13H15N3O2. The van der Waals surface area contributed by atoms with E-state index in [9.17, 15) is 0 Å². The summed E-state index contributed by atoms with van der Waals surface area (Å²) in [6, 6.07) is 3.70. The third kappa shape index (κ3) is 2.52. The van der Waals surface area contributed by atoms with Gasteiger partial charge in [-0.25, -0.2) is 9.97 Å². The van der Waals surface area contributed by atoms with Crippen LogP contribution in [0.15, 0.2) is 30.7 Å². The van der Waals surface area contributed by atoms with Crippen molar-refractivity contribution >= 4 is 0 Å². The van der Waals surface area contributed by atoms with E-state index in [2.05, 4.69) is 15.0 Å². The van der Waals surface area contributed by atoms with Gasteiger partial charge in [-0.15, -0.1) is 0 Å². The third-order valence-electron chi connectivity index (χ3n) is 2.63. The fourth-order valence-electron chi connectivity index (χ4n) is 1.67. The number of rotatable bonds is 4. The van der Waals surface area contributed by atoms with Gasteiger partial charge in [-0.2, -0.15) is 0 Å². The summed E-state index contributed by atoms with van der Waals surface area (Å²) < 4.78 is 10.4. The van der Waals surface area contributed by atoms with E-state index < -0.39 is 6.29 Å². The van der Waals surface area contributed by atoms with Gasteiger partial charge in [-0.1, -0.05) is 0 Å². The van der Waals surface area contributed by atoms with Crippen molar-refractivity contribution in [2.45, 2.75) is 13.2 Å². The van der Waals surface area contributed by atoms with Gasteiger partial charge in [0, 0.05) is 38.4 Å². The first kappa shape index (κ1) is 12.6. The molecule has 0 saturated heterocycles. The molecule has 5 nitrogen and oxygen atoms in total. The van der Waals surface area contributed by atoms with Gasteiger partial charge < -0.3 is 9.47 Å². The van der Waals surface area contributed by atoms with Crippen LogP contribution in [-0.4, -0.2) is 29.2 Å². The van der Waals surface area contributed by atoms with Crippen LogP contribution < -0.4 is 0 Å². The summed E-state index contributed by atoms with van der Waals surface area (Å²) in [7, 11) is 3.15. The van der Waals surface area contributed by atoms with E-state index in [0.29, 0.717) is 11.5 Å². The molecule has 0 aromatic carbocycles. The number of hydrogen-bond donors (Lipinski definition) is 0. The Kier molecular flexibility index (Phi) is 3.96. The van der Waals surface area contributed by atoms with Crippen molar-refractivity contribution in [3.8, 4) is 11.4 Å². The summed E-state index contributed by atoms with van der Waals surface area (Å²) in [5.74, 6) is 0.622. The molecule has 2 aromatic rings. The smallest absolute Gasteiger partial charge is 0.200 e. The highest BCUT2D eigenvalue weighted by Crippen LogP contribution is 2.21. The van der Waals surface area contributed by atoms with Crippen LogP contribution in [0.1, 0.15) is 17.5 Å². The van der Waals surface area contributed by atoms with Crippen molar-refractivity contribution in [1.29, 1.82) is 0 Å². The third-order valence-corrected chi connectivity index (χ3v) is 2.63. The van der Waals surface area contributed by atoms with Gasteiger partial charge in [0.05, 0.1) is 0 Å². The zero-order chi connectivity index (χ0) is 13.0. The fourth-order valence-corrected chi connectivity index (χ4v) is 1.67. The van der Waals surface area contributed by atoms with E-state index in [1.807, 2.05) is 13.0 Å². The molecule has 0 amide bonds. The number of methoxy groups -OCH3 is 2. The molecule has 0 aliphatic carbocycles. The lowest BCUT2D eigenvalue weighted by Crippen LogP contribution is -2.07. The highest BCUT2D eigenvalue weighted by Gasteiger charge is 2.13. The maximum Gasteiger partial charge on any atom is 0.200 e. The first-order valence-corrected chi connectivity index (χ1v) is 5.55. The number of aromatic nitrogens is 3. The van der Waals surface area contributed by atoms with E-state index >= 15 is 0 Å². The van der Waals surface area contributed by atoms with E-state index in [1.54, 1.807) is 38.9 Å². The second-order valence-corrected chi connectivity index (χ2v) is 3.80. The maximum atomic E-state index is 5.18. The van der Waals surface area contributed by atoms with Crippen LogP contribution in [0.5, 0.6) is 0 Å². The van der Waals surface area contributed by atoms with Crippen LogP contribution in [-0.2, 0) is 9.47 Å². The van der Waals surface area contributed by atoms with Gasteiger partial charge in [0.2, 0.25) is 6.29 Å². The Morgan fingerprint density at radius 1 is 1.11 bits per heavy atom. The van der Waals surface area contributed by atoms with Crippen molar-refractivity contribution < 1.29 is 9.47 Å². The fraction of sp³-hybridized carbons (Fsp3) is 0.308. The molecule has 0 atom stereocenters. The molecule has 18 heavy (non-hydrogen) atoms. The van der Waals surface area contributed by atoms with Crippen molar-refractivity contribution in [1.82, 2.24) is 15.0 Å². The van der Waals surface area contributed by atoms with Gasteiger partial charge in [-0.05, 0) is 24.6 Å². The molecule has 2 aromatic heterocycles. The first-order valence-electron chi connectivity index (χ1n) is 5.55. The van der Waals surface area contributed by atoms with Gasteiger partial charge in [0.1, 0.15) is 5.69 Å². The molecule has 2 heterocycles. The Hall–Kier alpha value is -1.85. The zero-order valence-electron chi connectivity index (χ0n) is 10.6. The van der Waals surface area contributed by atoms with Gasteiger partial charge >= 0.3 is 0 Å². The number of ether oxygens (including phenoxy) is 2. The monoisotopic (exact) mass is 245 g/mol. The second-order valence-electron chi connectivity index (χ2n) is 3.80. The molecule has 2 rings (SSSR count). The summed E-state index contributed by atoms with van der Waals surface area (Å²) in [6.45, 7) is 2.00. The summed E-state index contributed by atoms with van der Waals surface area (Å²) in [5.41, 5.74) is 2.67. The van der Waals surface area contributed by atoms with Crippen LogP contribution in [0.25, 0.3) is 11.4 Å². The summed E-state index contributed by atoms with van der Waals surface area (Å²) in [6.07, 6.45) is 4.71. The molecule has 0 unspecified atom stereocenters. The molecule has 0 radical (unpaired) electrons. The van der Waals surface area contributed by atoms with Crippen LogP contribution in [0.3, 0.4) is 0 Å². The minimum atomic E-state index is -0.483. The van der Waals surface area contributed by atoms with Crippen LogP contribution >= 0.6 is 0 Å². The molecule has 5 heteroatoms. The molecule has 0 saturated carbocycles. The normalized spacial score (nSPS) is 10.9. The number of aryl methyl sites for hydroxylation is 1. The maximum absolute atomic E-state index is 5.18. The topological polar surface area (TPSA) is 57.1 Å². The molecule has 0 N–H and O–H groups in total. The van der Waals surface area contributed by atoms with Crippen molar-refractivity contribution in [2.24, 2.45) is 0 Å². The molecule has 0 aliphatic rings. The van der Waals surface area contributed by atoms with E-state index in [1.165, 1.54) is 0 Å². The Bertz CT molecular complexity index is 527. The SMILES string of the molecule is COC(OC)c1ccnc(-c2cnccc2C)n1. The molecule has 94 valence electrons. The quantitative estimate of drug-likeness (QED) is 0.772. The van der Waals surface area contributed by atoms with Crippen molar-refractivity contribution in [3.05, 3.63) is 42.0 Å². The molecule has 0 bridgehead atoms. The predicted octanol–water partition coefficient (Wildman–Crippen LogP) is 2.14. The van der Waals surface area contributed by atoms with Crippen molar-refractivity contribution in [3.63, 3.8) is 0 Å². The van der Waals surface area contributed by atoms with Crippen LogP contribution in [0.2, 0.25) is 0 Å². The standard InChI is InChI=1S/C13H15N3O2/c1-9-4-6-14-8-10(9)12-15-7-5-11(16-12)13(17-2)18-3/h4-8,13H,1-3H3. The van der Waals surface area contributed by atoms with E-state index in [-0.39, 0.29) is 0 Å². The lowest BCUT2D eigenvalue weighted by Gasteiger charge is -2.13. The van der Waals surface area contributed by atoms with E-state index in [4.69, 9.17) is 9.47 Å². The Balaban J connectivity index is 2.42. The Morgan fingerprint density at radius 3 is 2.56 bits per heavy atom. The second kappa shape index (κ2) is 5.66. The highest BCUT2D eigenvalue weighted by molar-refractivity contribution is 5.58. The number of nitrogens with zero attached hydrogens (tertiary/aromatic N) is 3. The largest absolute Gasteiger partial charge is 0.350 e. The zero-order valence-corrected chi connectivity index (χ0v) is 10.6. The van der Waals surface area contributed by atoms with Crippen molar-refractivity contribution in [2.75, 3.05) is 14.2 Å². The number of hydrogen-bond acceptors (Lipinski definition) is 5. The lowest BCUT2D eigenvalue weighted by atomic mass is 10.1. The lowest BCUT2D eigenvalue weighted by molar-refractivity contribution is -0.108. The van der Waals surface area contributed by atoms with Crippen LogP contribution in [0, 0.1) is 6.92 Å². The molecule has 0 spiro atoms.